The maximum atomic E-state index is 12.7. The summed E-state index contributed by atoms with van der Waals surface area (Å²) in [7, 11) is 0. The molecule has 1 aliphatic rings. The standard InChI is InChI=1S/C18H13ClN2O5S2/c19-11-3-1-2-9-4-5-10(20-15(9)11)8-13-16(24)21(18(27)28-13)12(17(25)26)6-7-14(22)23/h1-5,8,12H,6-7H2,(H,22,23)(H,25,26)/b13-8+/t12-/m0/s1. The van der Waals surface area contributed by atoms with Crippen molar-refractivity contribution in [2.24, 2.45) is 0 Å². The van der Waals surface area contributed by atoms with Gasteiger partial charge >= 0.3 is 11.9 Å². The van der Waals surface area contributed by atoms with Crippen molar-refractivity contribution in [3.63, 3.8) is 0 Å². The highest BCUT2D eigenvalue weighted by atomic mass is 35.5. The summed E-state index contributed by atoms with van der Waals surface area (Å²) in [5, 5.41) is 19.5. The van der Waals surface area contributed by atoms with Crippen LogP contribution < -0.4 is 0 Å². The fourth-order valence-corrected chi connectivity index (χ4v) is 4.28. The molecule has 2 heterocycles. The van der Waals surface area contributed by atoms with Crippen molar-refractivity contribution < 1.29 is 24.6 Å². The van der Waals surface area contributed by atoms with Gasteiger partial charge in [0.25, 0.3) is 5.91 Å². The third-order valence-corrected chi connectivity index (χ3v) is 5.66. The van der Waals surface area contributed by atoms with Crippen molar-refractivity contribution in [3.8, 4) is 0 Å². The molecule has 0 spiro atoms. The van der Waals surface area contributed by atoms with Gasteiger partial charge in [0.1, 0.15) is 10.4 Å². The lowest BCUT2D eigenvalue weighted by Crippen LogP contribution is -2.44. The van der Waals surface area contributed by atoms with Gasteiger partial charge in [-0.25, -0.2) is 9.78 Å². The number of benzene rings is 1. The van der Waals surface area contributed by atoms with Crippen LogP contribution in [-0.4, -0.2) is 48.3 Å². The molecule has 3 rings (SSSR count). The number of thiocarbonyl (C=S) groups is 1. The smallest absolute Gasteiger partial charge is 0.326 e. The van der Waals surface area contributed by atoms with E-state index in [9.17, 15) is 19.5 Å². The number of pyridine rings is 1. The first-order valence-electron chi connectivity index (χ1n) is 8.05. The van der Waals surface area contributed by atoms with Gasteiger partial charge in [-0.2, -0.15) is 0 Å². The largest absolute Gasteiger partial charge is 0.481 e. The van der Waals surface area contributed by atoms with Gasteiger partial charge in [-0.05, 0) is 24.6 Å². The highest BCUT2D eigenvalue weighted by Gasteiger charge is 2.40. The number of para-hydroxylation sites is 1. The van der Waals surface area contributed by atoms with E-state index >= 15 is 0 Å². The highest BCUT2D eigenvalue weighted by molar-refractivity contribution is 8.26. The maximum Gasteiger partial charge on any atom is 0.326 e. The van der Waals surface area contributed by atoms with E-state index < -0.39 is 30.3 Å². The quantitative estimate of drug-likeness (QED) is 0.524. The fraction of sp³-hybridized carbons (Fsp3) is 0.167. The second-order valence-corrected chi connectivity index (χ2v) is 7.97. The van der Waals surface area contributed by atoms with E-state index in [1.54, 1.807) is 18.2 Å². The van der Waals surface area contributed by atoms with Crippen molar-refractivity contribution in [3.05, 3.63) is 46.0 Å². The number of carbonyl (C=O) groups excluding carboxylic acids is 1. The molecule has 1 aromatic carbocycles. The average Bonchev–Trinajstić information content (AvgIpc) is 2.90. The predicted molar refractivity (Wildman–Crippen MR) is 110 cm³/mol. The minimum absolute atomic E-state index is 0.0628. The highest BCUT2D eigenvalue weighted by Crippen LogP contribution is 2.35. The summed E-state index contributed by atoms with van der Waals surface area (Å²) in [6.45, 7) is 0. The Labute approximate surface area is 174 Å². The lowest BCUT2D eigenvalue weighted by molar-refractivity contribution is -0.146. The molecule has 1 amide bonds. The number of amides is 1. The van der Waals surface area contributed by atoms with E-state index in [2.05, 4.69) is 4.98 Å². The number of fused-ring (bicyclic) bond motifs is 1. The molecule has 0 bridgehead atoms. The number of nitrogens with zero attached hydrogens (tertiary/aromatic N) is 2. The molecule has 1 fully saturated rings. The minimum Gasteiger partial charge on any atom is -0.481 e. The fourth-order valence-electron chi connectivity index (χ4n) is 2.71. The van der Waals surface area contributed by atoms with Gasteiger partial charge in [0.05, 0.1) is 21.1 Å². The first-order chi connectivity index (χ1) is 13.3. The van der Waals surface area contributed by atoms with Crippen LogP contribution in [0.25, 0.3) is 17.0 Å². The molecule has 0 radical (unpaired) electrons. The van der Waals surface area contributed by atoms with E-state index in [0.717, 1.165) is 22.0 Å². The van der Waals surface area contributed by atoms with Crippen LogP contribution >= 0.6 is 35.6 Å². The maximum absolute atomic E-state index is 12.7. The van der Waals surface area contributed by atoms with Gasteiger partial charge in [0.2, 0.25) is 0 Å². The molecule has 2 aromatic rings. The van der Waals surface area contributed by atoms with Crippen LogP contribution in [0.5, 0.6) is 0 Å². The van der Waals surface area contributed by atoms with Crippen LogP contribution in [0, 0.1) is 0 Å². The number of rotatable bonds is 6. The first-order valence-corrected chi connectivity index (χ1v) is 9.65. The number of aliphatic carboxylic acids is 2. The Kier molecular flexibility index (Phi) is 5.97. The SMILES string of the molecule is O=C(O)CC[C@@H](C(=O)O)N1C(=O)/C(=C\c2ccc3cccc(Cl)c3n2)SC1=S. The van der Waals surface area contributed by atoms with Crippen molar-refractivity contribution in [2.75, 3.05) is 0 Å². The summed E-state index contributed by atoms with van der Waals surface area (Å²) in [5.74, 6) is -3.05. The predicted octanol–water partition coefficient (Wildman–Crippen LogP) is 3.41. The van der Waals surface area contributed by atoms with Crippen molar-refractivity contribution in [1.29, 1.82) is 0 Å². The molecular formula is C18H13ClN2O5S2. The monoisotopic (exact) mass is 436 g/mol. The molecule has 1 saturated heterocycles. The molecule has 7 nitrogen and oxygen atoms in total. The summed E-state index contributed by atoms with van der Waals surface area (Å²) in [6, 6.07) is 7.56. The summed E-state index contributed by atoms with van der Waals surface area (Å²) in [4.78, 5) is 40.6. The van der Waals surface area contributed by atoms with E-state index in [1.807, 2.05) is 12.1 Å². The van der Waals surface area contributed by atoms with Gasteiger partial charge in [-0.1, -0.05) is 53.8 Å². The topological polar surface area (TPSA) is 108 Å². The molecule has 0 unspecified atom stereocenters. The second-order valence-electron chi connectivity index (χ2n) is 5.89. The third kappa shape index (κ3) is 4.16. The number of carbonyl (C=O) groups is 3. The molecule has 0 aliphatic carbocycles. The Hall–Kier alpha value is -2.49. The normalized spacial score (nSPS) is 16.8. The number of halogens is 1. The molecule has 1 aliphatic heterocycles. The van der Waals surface area contributed by atoms with Crippen LogP contribution in [0.3, 0.4) is 0 Å². The molecule has 10 heteroatoms. The number of carboxylic acids is 2. The van der Waals surface area contributed by atoms with E-state index in [-0.39, 0.29) is 15.6 Å². The number of carboxylic acid groups (broad SMARTS) is 2. The van der Waals surface area contributed by atoms with Gasteiger partial charge in [-0.15, -0.1) is 0 Å². The molecule has 1 atom stereocenters. The Morgan fingerprint density at radius 3 is 2.71 bits per heavy atom. The summed E-state index contributed by atoms with van der Waals surface area (Å²) in [5.41, 5.74) is 1.05. The molecule has 144 valence electrons. The number of hydrogen-bond acceptors (Lipinski definition) is 6. The van der Waals surface area contributed by atoms with Crippen LogP contribution in [0.1, 0.15) is 18.5 Å². The van der Waals surface area contributed by atoms with Gasteiger partial charge in [0.15, 0.2) is 0 Å². The zero-order valence-electron chi connectivity index (χ0n) is 14.2. The van der Waals surface area contributed by atoms with E-state index in [1.165, 1.54) is 6.08 Å². The van der Waals surface area contributed by atoms with Crippen LogP contribution in [-0.2, 0) is 14.4 Å². The average molecular weight is 437 g/mol. The Bertz CT molecular complexity index is 1040. The first kappa shape index (κ1) is 20.2. The second kappa shape index (κ2) is 8.26. The molecular weight excluding hydrogens is 424 g/mol. The van der Waals surface area contributed by atoms with E-state index in [0.29, 0.717) is 16.2 Å². The molecule has 28 heavy (non-hydrogen) atoms. The van der Waals surface area contributed by atoms with Crippen molar-refractivity contribution in [2.45, 2.75) is 18.9 Å². The van der Waals surface area contributed by atoms with Crippen LogP contribution in [0.15, 0.2) is 35.2 Å². The van der Waals surface area contributed by atoms with Gasteiger partial charge in [0, 0.05) is 11.8 Å². The summed E-state index contributed by atoms with van der Waals surface area (Å²) >= 11 is 12.3. The number of thioether (sulfide) groups is 1. The molecule has 1 aromatic heterocycles. The van der Waals surface area contributed by atoms with Gasteiger partial charge < -0.3 is 10.2 Å². The number of aromatic nitrogens is 1. The zero-order chi connectivity index (χ0) is 20.4. The lowest BCUT2D eigenvalue weighted by Gasteiger charge is -2.22. The summed E-state index contributed by atoms with van der Waals surface area (Å²) < 4.78 is 0.0628. The number of hydrogen-bond donors (Lipinski definition) is 2. The molecule has 2 N–H and O–H groups in total. The minimum atomic E-state index is -1.34. The van der Waals surface area contributed by atoms with E-state index in [4.69, 9.17) is 28.9 Å². The Morgan fingerprint density at radius 2 is 2.04 bits per heavy atom. The lowest BCUT2D eigenvalue weighted by atomic mass is 10.1. The van der Waals surface area contributed by atoms with Crippen LogP contribution in [0.2, 0.25) is 5.02 Å². The molecule has 0 saturated carbocycles. The Morgan fingerprint density at radius 1 is 1.29 bits per heavy atom. The van der Waals surface area contributed by atoms with Gasteiger partial charge in [-0.3, -0.25) is 14.5 Å². The van der Waals surface area contributed by atoms with Crippen molar-refractivity contribution in [1.82, 2.24) is 9.88 Å². The zero-order valence-corrected chi connectivity index (χ0v) is 16.6. The van der Waals surface area contributed by atoms with Crippen LogP contribution in [0.4, 0.5) is 0 Å². The van der Waals surface area contributed by atoms with Crippen molar-refractivity contribution >= 4 is 74.7 Å². The Balaban J connectivity index is 1.91. The third-order valence-electron chi connectivity index (χ3n) is 4.02. The summed E-state index contributed by atoms with van der Waals surface area (Å²) in [6.07, 6.45) is 0.879.